The molecule has 0 unspecified atom stereocenters. The number of anilines is 2. The number of carbonyl (C=O) groups is 1. The number of fused-ring (bicyclic) bond motifs is 2. The fourth-order valence-electron chi connectivity index (χ4n) is 4.29. The van der Waals surface area contributed by atoms with Crippen molar-refractivity contribution >= 4 is 28.7 Å². The quantitative estimate of drug-likeness (QED) is 0.759. The van der Waals surface area contributed by atoms with Crippen LogP contribution in [0.3, 0.4) is 0 Å². The molecule has 2 saturated heterocycles. The number of piperidine rings is 2. The monoisotopic (exact) mass is 359 g/mol. The van der Waals surface area contributed by atoms with E-state index in [-0.39, 0.29) is 11.9 Å². The number of nitrogens with one attached hydrogen (secondary N) is 1. The summed E-state index contributed by atoms with van der Waals surface area (Å²) < 4.78 is 5.14. The molecule has 140 valence electrons. The summed E-state index contributed by atoms with van der Waals surface area (Å²) in [7, 11) is 1.70. The van der Waals surface area contributed by atoms with Crippen LogP contribution in [0.4, 0.5) is 11.8 Å². The van der Waals surface area contributed by atoms with Crippen LogP contribution in [-0.2, 0) is 9.53 Å². The van der Waals surface area contributed by atoms with Crippen LogP contribution in [-0.4, -0.2) is 70.4 Å². The van der Waals surface area contributed by atoms with Gasteiger partial charge in [0.25, 0.3) is 0 Å². The summed E-state index contributed by atoms with van der Waals surface area (Å²) in [6.07, 6.45) is 5.11. The first-order chi connectivity index (χ1) is 12.7. The summed E-state index contributed by atoms with van der Waals surface area (Å²) in [5, 5.41) is 7.82. The van der Waals surface area contributed by atoms with Crippen molar-refractivity contribution in [2.45, 2.75) is 31.7 Å². The minimum Gasteiger partial charge on any atom is -0.385 e. The van der Waals surface area contributed by atoms with Gasteiger partial charge in [-0.1, -0.05) is 0 Å². The number of nitrogen functional groups attached to an aromatic ring is 1. The second-order valence-corrected chi connectivity index (χ2v) is 7.07. The van der Waals surface area contributed by atoms with Gasteiger partial charge in [-0.25, -0.2) is 0 Å². The summed E-state index contributed by atoms with van der Waals surface area (Å²) in [4.78, 5) is 25.4. The van der Waals surface area contributed by atoms with Crippen LogP contribution in [0.5, 0.6) is 0 Å². The van der Waals surface area contributed by atoms with Crippen molar-refractivity contribution < 1.29 is 9.53 Å². The highest BCUT2D eigenvalue weighted by atomic mass is 16.5. The number of hydrogen-bond acceptors (Lipinski definition) is 7. The van der Waals surface area contributed by atoms with Crippen LogP contribution in [0, 0.1) is 5.92 Å². The van der Waals surface area contributed by atoms with Gasteiger partial charge < -0.3 is 20.3 Å². The van der Waals surface area contributed by atoms with Crippen molar-refractivity contribution in [3.63, 3.8) is 0 Å². The molecule has 3 N–H and O–H groups in total. The summed E-state index contributed by atoms with van der Waals surface area (Å²) in [5.41, 5.74) is 6.53. The number of rotatable bonds is 5. The van der Waals surface area contributed by atoms with E-state index < -0.39 is 0 Å². The molecule has 0 spiro atoms. The van der Waals surface area contributed by atoms with E-state index in [1.807, 2.05) is 0 Å². The number of nitrogens with zero attached hydrogens (tertiary/aromatic N) is 5. The average Bonchev–Trinajstić information content (AvgIpc) is 3.11. The van der Waals surface area contributed by atoms with Crippen molar-refractivity contribution in [2.75, 3.05) is 44.0 Å². The molecular formula is C17H25N7O2. The molecule has 0 radical (unpaired) electrons. The maximum atomic E-state index is 12.4. The lowest BCUT2D eigenvalue weighted by atomic mass is 9.83. The molecule has 4 rings (SSSR count). The largest absolute Gasteiger partial charge is 0.385 e. The second kappa shape index (κ2) is 7.06. The fraction of sp³-hybridized carbons (Fsp3) is 0.647. The highest BCUT2D eigenvalue weighted by Crippen LogP contribution is 2.34. The highest BCUT2D eigenvalue weighted by molar-refractivity contribution is 5.87. The molecule has 0 aromatic carbocycles. The molecular weight excluding hydrogens is 334 g/mol. The number of carbonyl (C=O) groups excluding carboxylic acids is 1. The molecule has 0 aliphatic carbocycles. The lowest BCUT2D eigenvalue weighted by Crippen LogP contribution is -2.56. The topological polar surface area (TPSA) is 113 Å². The number of methoxy groups -OCH3 is 1. The first kappa shape index (κ1) is 17.0. The van der Waals surface area contributed by atoms with Gasteiger partial charge in [0.1, 0.15) is 5.82 Å². The Morgan fingerprint density at radius 3 is 3.12 bits per heavy atom. The van der Waals surface area contributed by atoms with E-state index in [0.29, 0.717) is 30.6 Å². The average molecular weight is 359 g/mol. The van der Waals surface area contributed by atoms with Gasteiger partial charge in [0.2, 0.25) is 11.9 Å². The number of hydrogen-bond donors (Lipinski definition) is 2. The summed E-state index contributed by atoms with van der Waals surface area (Å²) in [5.74, 6) is 1.81. The van der Waals surface area contributed by atoms with Gasteiger partial charge in [-0.15, -0.1) is 0 Å². The van der Waals surface area contributed by atoms with Gasteiger partial charge >= 0.3 is 0 Å². The molecule has 0 bridgehead atoms. The maximum Gasteiger partial charge on any atom is 0.224 e. The van der Waals surface area contributed by atoms with Crippen LogP contribution in [0.15, 0.2) is 6.20 Å². The van der Waals surface area contributed by atoms with E-state index in [0.717, 1.165) is 50.1 Å². The summed E-state index contributed by atoms with van der Waals surface area (Å²) >= 11 is 0. The molecule has 2 aliphatic heterocycles. The Bertz CT molecular complexity index is 793. The Balaban J connectivity index is 1.52. The Kier molecular flexibility index (Phi) is 4.62. The van der Waals surface area contributed by atoms with Crippen molar-refractivity contribution in [1.82, 2.24) is 25.1 Å². The third kappa shape index (κ3) is 3.07. The normalized spacial score (nSPS) is 23.5. The first-order valence-electron chi connectivity index (χ1n) is 9.17. The van der Waals surface area contributed by atoms with Gasteiger partial charge in [0.15, 0.2) is 5.65 Å². The second-order valence-electron chi connectivity index (χ2n) is 7.07. The molecule has 2 aliphatic rings. The minimum absolute atomic E-state index is 0.249. The van der Waals surface area contributed by atoms with Gasteiger partial charge in [-0.3, -0.25) is 9.89 Å². The molecule has 2 atom stereocenters. The predicted molar refractivity (Wildman–Crippen MR) is 97.6 cm³/mol. The van der Waals surface area contributed by atoms with Gasteiger partial charge in [0, 0.05) is 45.8 Å². The molecule has 2 fully saturated rings. The zero-order valence-corrected chi connectivity index (χ0v) is 15.0. The fourth-order valence-corrected chi connectivity index (χ4v) is 4.29. The van der Waals surface area contributed by atoms with Gasteiger partial charge in [-0.2, -0.15) is 15.1 Å². The van der Waals surface area contributed by atoms with Crippen LogP contribution < -0.4 is 10.6 Å². The minimum atomic E-state index is 0.249. The lowest BCUT2D eigenvalue weighted by Gasteiger charge is -2.47. The van der Waals surface area contributed by atoms with Crippen LogP contribution in [0.1, 0.15) is 25.7 Å². The van der Waals surface area contributed by atoms with E-state index in [4.69, 9.17) is 10.5 Å². The molecule has 4 heterocycles. The van der Waals surface area contributed by atoms with E-state index in [2.05, 4.69) is 30.0 Å². The van der Waals surface area contributed by atoms with E-state index in [9.17, 15) is 4.79 Å². The predicted octanol–water partition coefficient (Wildman–Crippen LogP) is 0.789. The Morgan fingerprint density at radius 2 is 2.27 bits per heavy atom. The molecule has 1 amide bonds. The number of nitrogens with two attached hydrogens (primary N) is 1. The van der Waals surface area contributed by atoms with E-state index in [1.54, 1.807) is 13.3 Å². The number of amides is 1. The molecule has 26 heavy (non-hydrogen) atoms. The Hall–Kier alpha value is -2.42. The van der Waals surface area contributed by atoms with Crippen LogP contribution in [0.25, 0.3) is 11.0 Å². The van der Waals surface area contributed by atoms with E-state index >= 15 is 0 Å². The molecule has 2 aromatic rings. The number of aromatic nitrogens is 4. The summed E-state index contributed by atoms with van der Waals surface area (Å²) in [6.45, 7) is 3.17. The maximum absolute atomic E-state index is 12.4. The number of likely N-dealkylation sites (tertiary alicyclic amines) is 1. The molecule has 9 heteroatoms. The third-order valence-corrected chi connectivity index (χ3v) is 5.50. The summed E-state index contributed by atoms with van der Waals surface area (Å²) in [6, 6.07) is 0.309. The standard InChI is InChI=1S/C17H25N7O2/c1-26-8-2-6-24-13-5-7-23(10-11(13)3-4-14(24)25)16-12-9-19-22-15(12)20-17(18)21-16/h9,11,13H,2-8,10H2,1H3,(H3,18,19,20,21,22)/t11-,13+/m0/s1. The zero-order valence-electron chi connectivity index (χ0n) is 15.0. The number of H-pyrrole nitrogens is 1. The smallest absolute Gasteiger partial charge is 0.224 e. The molecule has 0 saturated carbocycles. The Morgan fingerprint density at radius 1 is 1.38 bits per heavy atom. The van der Waals surface area contributed by atoms with Gasteiger partial charge in [0.05, 0.1) is 11.6 Å². The highest BCUT2D eigenvalue weighted by Gasteiger charge is 2.39. The SMILES string of the molecule is COCCCN1C(=O)CC[C@H]2CN(c3nc(N)nc4[nH]ncc34)CC[C@H]21. The number of aromatic amines is 1. The van der Waals surface area contributed by atoms with Crippen molar-refractivity contribution in [1.29, 1.82) is 0 Å². The molecule has 2 aromatic heterocycles. The zero-order chi connectivity index (χ0) is 18.1. The van der Waals surface area contributed by atoms with Crippen LogP contribution >= 0.6 is 0 Å². The van der Waals surface area contributed by atoms with Crippen molar-refractivity contribution in [3.05, 3.63) is 6.20 Å². The lowest BCUT2D eigenvalue weighted by molar-refractivity contribution is -0.139. The van der Waals surface area contributed by atoms with Crippen LogP contribution in [0.2, 0.25) is 0 Å². The van der Waals surface area contributed by atoms with Gasteiger partial charge in [-0.05, 0) is 25.2 Å². The molecule has 9 nitrogen and oxygen atoms in total. The van der Waals surface area contributed by atoms with Crippen molar-refractivity contribution in [3.8, 4) is 0 Å². The Labute approximate surface area is 151 Å². The third-order valence-electron chi connectivity index (χ3n) is 5.50. The van der Waals surface area contributed by atoms with E-state index in [1.165, 1.54) is 0 Å². The number of ether oxygens (including phenoxy) is 1. The van der Waals surface area contributed by atoms with Crippen molar-refractivity contribution in [2.24, 2.45) is 5.92 Å². The first-order valence-corrected chi connectivity index (χ1v) is 9.17.